The van der Waals surface area contributed by atoms with Crippen LogP contribution < -0.4 is 5.32 Å². The molecule has 0 atom stereocenters. The lowest BCUT2D eigenvalue weighted by atomic mass is 10.4. The molecule has 0 aliphatic carbocycles. The molecule has 1 N–H and O–H groups in total. The average molecular weight is 342 g/mol. The summed E-state index contributed by atoms with van der Waals surface area (Å²) in [5.74, 6) is 1.09. The maximum Gasteiger partial charge on any atom is 0.186 e. The van der Waals surface area contributed by atoms with Crippen molar-refractivity contribution >= 4 is 33.5 Å². The molecule has 0 spiro atoms. The summed E-state index contributed by atoms with van der Waals surface area (Å²) in [6.45, 7) is 1.64. The molecular formula is C13H13BrFN3S. The lowest BCUT2D eigenvalue weighted by Crippen LogP contribution is -2.05. The number of anilines is 1. The first-order valence-corrected chi connectivity index (χ1v) is 7.47. The van der Waals surface area contributed by atoms with Gasteiger partial charge in [0.05, 0.1) is 11.4 Å². The van der Waals surface area contributed by atoms with Gasteiger partial charge in [-0.2, -0.15) is 0 Å². The molecule has 0 amide bonds. The zero-order valence-electron chi connectivity index (χ0n) is 10.6. The Morgan fingerprint density at radius 2 is 1.95 bits per heavy atom. The van der Waals surface area contributed by atoms with E-state index < -0.39 is 0 Å². The van der Waals surface area contributed by atoms with E-state index in [9.17, 15) is 4.39 Å². The van der Waals surface area contributed by atoms with Gasteiger partial charge in [-0.05, 0) is 31.2 Å². The van der Waals surface area contributed by atoms with Gasteiger partial charge in [0, 0.05) is 16.4 Å². The summed E-state index contributed by atoms with van der Waals surface area (Å²) >= 11 is 5.01. The van der Waals surface area contributed by atoms with Crippen LogP contribution in [0.25, 0.3) is 0 Å². The van der Waals surface area contributed by atoms with Crippen molar-refractivity contribution < 1.29 is 4.39 Å². The molecule has 19 heavy (non-hydrogen) atoms. The van der Waals surface area contributed by atoms with Gasteiger partial charge >= 0.3 is 0 Å². The number of halogens is 2. The highest BCUT2D eigenvalue weighted by atomic mass is 79.9. The number of nitrogens with zero attached hydrogens (tertiary/aromatic N) is 2. The summed E-state index contributed by atoms with van der Waals surface area (Å²) in [5, 5.41) is 2.74. The molecule has 100 valence electrons. The van der Waals surface area contributed by atoms with E-state index >= 15 is 0 Å². The number of hydrogen-bond acceptors (Lipinski definition) is 4. The van der Waals surface area contributed by atoms with Gasteiger partial charge in [-0.3, -0.25) is 0 Å². The second-order valence-electron chi connectivity index (χ2n) is 3.88. The highest BCUT2D eigenvalue weighted by Gasteiger charge is 2.10. The van der Waals surface area contributed by atoms with Crippen molar-refractivity contribution in [1.82, 2.24) is 9.97 Å². The van der Waals surface area contributed by atoms with Crippen molar-refractivity contribution in [2.75, 3.05) is 12.4 Å². The molecule has 6 heteroatoms. The minimum atomic E-state index is -0.389. The third-order valence-electron chi connectivity index (χ3n) is 2.48. The molecule has 3 nitrogen and oxygen atoms in total. The Hall–Kier alpha value is -1.14. The van der Waals surface area contributed by atoms with E-state index in [0.29, 0.717) is 17.3 Å². The number of hydrogen-bond donors (Lipinski definition) is 1. The van der Waals surface area contributed by atoms with Crippen molar-refractivity contribution in [1.29, 1.82) is 0 Å². The van der Waals surface area contributed by atoms with Crippen molar-refractivity contribution in [3.63, 3.8) is 0 Å². The van der Waals surface area contributed by atoms with Crippen LogP contribution in [0.3, 0.4) is 0 Å². The van der Waals surface area contributed by atoms with Crippen LogP contribution in [-0.4, -0.2) is 17.0 Å². The quantitative estimate of drug-likeness (QED) is 0.852. The molecule has 2 aromatic rings. The van der Waals surface area contributed by atoms with Crippen molar-refractivity contribution in [3.8, 4) is 0 Å². The lowest BCUT2D eigenvalue weighted by Gasteiger charge is -2.07. The van der Waals surface area contributed by atoms with Gasteiger partial charge in [-0.25, -0.2) is 14.4 Å². The molecule has 0 aliphatic heterocycles. The van der Waals surface area contributed by atoms with Crippen LogP contribution in [0.2, 0.25) is 0 Å². The van der Waals surface area contributed by atoms with E-state index in [-0.39, 0.29) is 11.6 Å². The fraction of sp³-hybridized carbons (Fsp3) is 0.231. The van der Waals surface area contributed by atoms with Crippen LogP contribution in [0.1, 0.15) is 11.5 Å². The van der Waals surface area contributed by atoms with Crippen LogP contribution in [0.4, 0.5) is 10.2 Å². The monoisotopic (exact) mass is 341 g/mol. The van der Waals surface area contributed by atoms with Gasteiger partial charge in [0.25, 0.3) is 0 Å². The van der Waals surface area contributed by atoms with Crippen molar-refractivity contribution in [2.45, 2.75) is 17.6 Å². The topological polar surface area (TPSA) is 37.8 Å². The Morgan fingerprint density at radius 1 is 1.26 bits per heavy atom. The zero-order chi connectivity index (χ0) is 13.8. The standard InChI is InChI=1S/C13H13BrFN3S/c1-8-12(15)13(16-2)18-11(17-8)7-19-10-5-3-9(14)4-6-10/h3-6H,7H2,1-2H3,(H,16,17,18). The summed E-state index contributed by atoms with van der Waals surface area (Å²) in [6, 6.07) is 8.00. The first-order chi connectivity index (χ1) is 9.10. The van der Waals surface area contributed by atoms with Crippen LogP contribution in [0.5, 0.6) is 0 Å². The van der Waals surface area contributed by atoms with E-state index in [0.717, 1.165) is 9.37 Å². The van der Waals surface area contributed by atoms with E-state index in [1.54, 1.807) is 25.7 Å². The molecule has 0 saturated carbocycles. The molecule has 0 fully saturated rings. The SMILES string of the molecule is CNc1nc(CSc2ccc(Br)cc2)nc(C)c1F. The molecule has 0 bridgehead atoms. The second-order valence-corrected chi connectivity index (χ2v) is 5.84. The Labute approximate surface area is 124 Å². The summed E-state index contributed by atoms with van der Waals surface area (Å²) < 4.78 is 14.6. The Morgan fingerprint density at radius 3 is 2.58 bits per heavy atom. The van der Waals surface area contributed by atoms with Crippen molar-refractivity contribution in [3.05, 3.63) is 46.1 Å². The highest BCUT2D eigenvalue weighted by molar-refractivity contribution is 9.10. The third-order valence-corrected chi connectivity index (χ3v) is 4.02. The maximum absolute atomic E-state index is 13.6. The molecule has 0 aliphatic rings. The average Bonchev–Trinajstić information content (AvgIpc) is 2.41. The smallest absolute Gasteiger partial charge is 0.186 e. The van der Waals surface area contributed by atoms with Crippen LogP contribution >= 0.6 is 27.7 Å². The van der Waals surface area contributed by atoms with Crippen LogP contribution in [0.15, 0.2) is 33.6 Å². The fourth-order valence-electron chi connectivity index (χ4n) is 1.53. The minimum Gasteiger partial charge on any atom is -0.371 e. The summed E-state index contributed by atoms with van der Waals surface area (Å²) in [5.41, 5.74) is 0.366. The molecule has 0 unspecified atom stereocenters. The van der Waals surface area contributed by atoms with Crippen LogP contribution in [0, 0.1) is 12.7 Å². The molecule has 1 aromatic carbocycles. The first kappa shape index (κ1) is 14.3. The van der Waals surface area contributed by atoms with Gasteiger partial charge in [0.15, 0.2) is 11.6 Å². The Kier molecular flexibility index (Phi) is 4.76. The predicted octanol–water partition coefficient (Wildman–Crippen LogP) is 4.02. The molecule has 2 rings (SSSR count). The number of aryl methyl sites for hydroxylation is 1. The lowest BCUT2D eigenvalue weighted by molar-refractivity contribution is 0.603. The van der Waals surface area contributed by atoms with Crippen LogP contribution in [-0.2, 0) is 5.75 Å². The van der Waals surface area contributed by atoms with E-state index in [1.807, 2.05) is 24.3 Å². The minimum absolute atomic E-state index is 0.249. The summed E-state index contributed by atoms with van der Waals surface area (Å²) in [6.07, 6.45) is 0. The number of nitrogens with one attached hydrogen (secondary N) is 1. The maximum atomic E-state index is 13.6. The zero-order valence-corrected chi connectivity index (χ0v) is 13.0. The summed E-state index contributed by atoms with van der Waals surface area (Å²) in [4.78, 5) is 9.44. The number of aromatic nitrogens is 2. The normalized spacial score (nSPS) is 10.5. The number of thioether (sulfide) groups is 1. The van der Waals surface area contributed by atoms with Gasteiger partial charge in [0.2, 0.25) is 0 Å². The summed E-state index contributed by atoms with van der Waals surface area (Å²) in [7, 11) is 1.65. The van der Waals surface area contributed by atoms with Gasteiger partial charge in [-0.15, -0.1) is 11.8 Å². The first-order valence-electron chi connectivity index (χ1n) is 5.69. The van der Waals surface area contributed by atoms with Crippen molar-refractivity contribution in [2.24, 2.45) is 0 Å². The highest BCUT2D eigenvalue weighted by Crippen LogP contribution is 2.24. The van der Waals surface area contributed by atoms with E-state index in [1.165, 1.54) is 0 Å². The Balaban J connectivity index is 2.11. The van der Waals surface area contributed by atoms with Gasteiger partial charge < -0.3 is 5.32 Å². The predicted molar refractivity (Wildman–Crippen MR) is 80.0 cm³/mol. The Bertz CT molecular complexity index is 575. The largest absolute Gasteiger partial charge is 0.371 e. The molecule has 0 saturated heterocycles. The molecule has 1 aromatic heterocycles. The third kappa shape index (κ3) is 3.67. The number of benzene rings is 1. The van der Waals surface area contributed by atoms with Gasteiger partial charge in [-0.1, -0.05) is 15.9 Å². The fourth-order valence-corrected chi connectivity index (χ4v) is 2.54. The van der Waals surface area contributed by atoms with E-state index in [4.69, 9.17) is 0 Å². The molecular weight excluding hydrogens is 329 g/mol. The molecule has 0 radical (unpaired) electrons. The van der Waals surface area contributed by atoms with E-state index in [2.05, 4.69) is 31.2 Å². The number of rotatable bonds is 4. The van der Waals surface area contributed by atoms with Gasteiger partial charge in [0.1, 0.15) is 5.82 Å². The second kappa shape index (κ2) is 6.34. The molecule has 1 heterocycles.